The molecule has 0 amide bonds. The maximum absolute atomic E-state index is 5.36. The molecule has 2 unspecified atom stereocenters. The van der Waals surface area contributed by atoms with E-state index in [1.807, 2.05) is 0 Å². The van der Waals surface area contributed by atoms with Crippen molar-refractivity contribution in [3.63, 3.8) is 0 Å². The van der Waals surface area contributed by atoms with Crippen LogP contribution in [0.25, 0.3) is 0 Å². The first-order valence-electron chi connectivity index (χ1n) is 9.34. The Kier molecular flexibility index (Phi) is 8.68. The summed E-state index contributed by atoms with van der Waals surface area (Å²) in [7, 11) is 0. The average molecular weight is 297 g/mol. The third kappa shape index (κ3) is 9.49. The second-order valence-corrected chi connectivity index (χ2v) is 6.85. The molecular weight excluding hydrogens is 262 g/mol. The molecule has 2 heterocycles. The molecular formula is C18H35NO2. The molecule has 3 heteroatoms. The fourth-order valence-electron chi connectivity index (χ4n) is 3.00. The molecule has 124 valence electrons. The number of hydrogen-bond donors (Lipinski definition) is 0. The molecule has 0 saturated carbocycles. The van der Waals surface area contributed by atoms with Gasteiger partial charge in [-0.05, 0) is 13.0 Å². The van der Waals surface area contributed by atoms with E-state index in [-0.39, 0.29) is 0 Å². The molecule has 2 atom stereocenters. The van der Waals surface area contributed by atoms with Gasteiger partial charge in [-0.15, -0.1) is 0 Å². The molecule has 0 N–H and O–H groups in total. The van der Waals surface area contributed by atoms with Crippen molar-refractivity contribution in [2.75, 3.05) is 32.8 Å². The molecule has 0 aromatic carbocycles. The van der Waals surface area contributed by atoms with Crippen LogP contribution < -0.4 is 0 Å². The molecule has 0 aromatic rings. The Balaban J connectivity index is 1.37. The fraction of sp³-hybridized carbons (Fsp3) is 1.00. The van der Waals surface area contributed by atoms with Crippen LogP contribution >= 0.6 is 0 Å². The van der Waals surface area contributed by atoms with E-state index in [1.54, 1.807) is 0 Å². The average Bonchev–Trinajstić information content (AvgIpc) is 3.37. The zero-order valence-corrected chi connectivity index (χ0v) is 14.0. The van der Waals surface area contributed by atoms with Crippen LogP contribution in [0.5, 0.6) is 0 Å². The van der Waals surface area contributed by atoms with Crippen LogP contribution in [0.4, 0.5) is 0 Å². The summed E-state index contributed by atoms with van der Waals surface area (Å²) in [6.07, 6.45) is 15.2. The Morgan fingerprint density at radius 3 is 1.57 bits per heavy atom. The highest BCUT2D eigenvalue weighted by Gasteiger charge is 2.30. The number of epoxide rings is 2. The van der Waals surface area contributed by atoms with Crippen molar-refractivity contribution in [1.29, 1.82) is 0 Å². The molecule has 3 nitrogen and oxygen atoms in total. The van der Waals surface area contributed by atoms with Crippen LogP contribution in [0.2, 0.25) is 0 Å². The van der Waals surface area contributed by atoms with E-state index < -0.39 is 0 Å². The smallest absolute Gasteiger partial charge is 0.0936 e. The van der Waals surface area contributed by atoms with Gasteiger partial charge in [0, 0.05) is 13.1 Å². The van der Waals surface area contributed by atoms with Crippen LogP contribution in [-0.2, 0) is 9.47 Å². The van der Waals surface area contributed by atoms with Gasteiger partial charge in [-0.2, -0.15) is 0 Å². The molecule has 0 spiro atoms. The van der Waals surface area contributed by atoms with Crippen LogP contribution in [0, 0.1) is 0 Å². The van der Waals surface area contributed by atoms with Gasteiger partial charge in [-0.3, -0.25) is 4.90 Å². The summed E-state index contributed by atoms with van der Waals surface area (Å²) >= 11 is 0. The largest absolute Gasteiger partial charge is 0.372 e. The summed E-state index contributed by atoms with van der Waals surface area (Å²) in [5, 5.41) is 0. The maximum Gasteiger partial charge on any atom is 0.0936 e. The van der Waals surface area contributed by atoms with Gasteiger partial charge in [0.25, 0.3) is 0 Å². The van der Waals surface area contributed by atoms with Crippen molar-refractivity contribution in [2.45, 2.75) is 83.3 Å². The number of ether oxygens (including phenoxy) is 2. The minimum Gasteiger partial charge on any atom is -0.372 e. The van der Waals surface area contributed by atoms with Crippen molar-refractivity contribution >= 4 is 0 Å². The molecule has 0 bridgehead atoms. The number of rotatable bonds is 15. The van der Waals surface area contributed by atoms with Crippen LogP contribution in [0.1, 0.15) is 71.1 Å². The minimum absolute atomic E-state index is 0.520. The summed E-state index contributed by atoms with van der Waals surface area (Å²) < 4.78 is 10.7. The van der Waals surface area contributed by atoms with Gasteiger partial charge in [0.2, 0.25) is 0 Å². The Morgan fingerprint density at radius 2 is 1.14 bits per heavy atom. The molecule has 2 aliphatic rings. The van der Waals surface area contributed by atoms with E-state index in [0.717, 1.165) is 26.3 Å². The van der Waals surface area contributed by atoms with Crippen molar-refractivity contribution < 1.29 is 9.47 Å². The van der Waals surface area contributed by atoms with Gasteiger partial charge in [0.05, 0.1) is 25.4 Å². The summed E-state index contributed by atoms with van der Waals surface area (Å²) in [6.45, 7) is 7.71. The summed E-state index contributed by atoms with van der Waals surface area (Å²) in [6, 6.07) is 0. The van der Waals surface area contributed by atoms with E-state index in [2.05, 4.69) is 11.8 Å². The Labute approximate surface area is 131 Å². The lowest BCUT2D eigenvalue weighted by Crippen LogP contribution is -2.32. The SMILES string of the molecule is CCCCCCCCCCCCN(CC1CO1)CC1CO1. The first kappa shape index (κ1) is 17.2. The van der Waals surface area contributed by atoms with Crippen LogP contribution in [0.15, 0.2) is 0 Å². The summed E-state index contributed by atoms with van der Waals surface area (Å²) in [5.41, 5.74) is 0. The molecule has 0 aromatic heterocycles. The van der Waals surface area contributed by atoms with Gasteiger partial charge in [0.1, 0.15) is 0 Å². The predicted octanol–water partition coefficient (Wildman–Crippen LogP) is 4.01. The molecule has 2 fully saturated rings. The standard InChI is InChI=1S/C18H35NO2/c1-2-3-4-5-6-7-8-9-10-11-12-19(13-17-15-20-17)14-18-16-21-18/h17-18H,2-16H2,1H3. The van der Waals surface area contributed by atoms with Gasteiger partial charge in [0.15, 0.2) is 0 Å². The molecule has 21 heavy (non-hydrogen) atoms. The number of unbranched alkanes of at least 4 members (excludes halogenated alkanes) is 9. The number of nitrogens with zero attached hydrogens (tertiary/aromatic N) is 1. The van der Waals surface area contributed by atoms with E-state index in [0.29, 0.717) is 12.2 Å². The normalized spacial score (nSPS) is 23.7. The zero-order chi connectivity index (χ0) is 14.8. The van der Waals surface area contributed by atoms with Crippen molar-refractivity contribution in [1.82, 2.24) is 4.90 Å². The third-order valence-electron chi connectivity index (χ3n) is 4.56. The monoisotopic (exact) mass is 297 g/mol. The molecule has 2 saturated heterocycles. The van der Waals surface area contributed by atoms with E-state index in [9.17, 15) is 0 Å². The fourth-order valence-corrected chi connectivity index (χ4v) is 3.00. The second kappa shape index (κ2) is 10.6. The summed E-state index contributed by atoms with van der Waals surface area (Å²) in [4.78, 5) is 2.56. The molecule has 0 radical (unpaired) electrons. The first-order valence-corrected chi connectivity index (χ1v) is 9.34. The third-order valence-corrected chi connectivity index (χ3v) is 4.56. The summed E-state index contributed by atoms with van der Waals surface area (Å²) in [5.74, 6) is 0. The predicted molar refractivity (Wildman–Crippen MR) is 87.8 cm³/mol. The van der Waals surface area contributed by atoms with Gasteiger partial charge in [-0.25, -0.2) is 0 Å². The lowest BCUT2D eigenvalue weighted by Gasteiger charge is -2.20. The van der Waals surface area contributed by atoms with E-state index in [1.165, 1.54) is 70.8 Å². The van der Waals surface area contributed by atoms with Crippen molar-refractivity contribution in [3.05, 3.63) is 0 Å². The molecule has 2 rings (SSSR count). The van der Waals surface area contributed by atoms with Crippen molar-refractivity contribution in [3.8, 4) is 0 Å². The van der Waals surface area contributed by atoms with Gasteiger partial charge >= 0.3 is 0 Å². The Morgan fingerprint density at radius 1 is 0.714 bits per heavy atom. The molecule has 2 aliphatic heterocycles. The maximum atomic E-state index is 5.36. The lowest BCUT2D eigenvalue weighted by molar-refractivity contribution is 0.215. The lowest BCUT2D eigenvalue weighted by atomic mass is 10.1. The van der Waals surface area contributed by atoms with Gasteiger partial charge < -0.3 is 9.47 Å². The van der Waals surface area contributed by atoms with Gasteiger partial charge in [-0.1, -0.05) is 64.7 Å². The Hall–Kier alpha value is -0.120. The highest BCUT2D eigenvalue weighted by atomic mass is 16.6. The molecule has 0 aliphatic carbocycles. The highest BCUT2D eigenvalue weighted by Crippen LogP contribution is 2.17. The first-order chi connectivity index (χ1) is 10.4. The number of hydrogen-bond acceptors (Lipinski definition) is 3. The van der Waals surface area contributed by atoms with Crippen molar-refractivity contribution in [2.24, 2.45) is 0 Å². The minimum atomic E-state index is 0.520. The quantitative estimate of drug-likeness (QED) is 0.338. The second-order valence-electron chi connectivity index (χ2n) is 6.85. The highest BCUT2D eigenvalue weighted by molar-refractivity contribution is 4.80. The van der Waals surface area contributed by atoms with Crippen LogP contribution in [-0.4, -0.2) is 50.0 Å². The van der Waals surface area contributed by atoms with E-state index >= 15 is 0 Å². The topological polar surface area (TPSA) is 28.3 Å². The van der Waals surface area contributed by atoms with E-state index in [4.69, 9.17) is 9.47 Å². The zero-order valence-electron chi connectivity index (χ0n) is 14.0. The Bertz CT molecular complexity index is 238. The van der Waals surface area contributed by atoms with Crippen LogP contribution in [0.3, 0.4) is 0 Å².